The maximum Gasteiger partial charge on any atom is 0.0602 e. The summed E-state index contributed by atoms with van der Waals surface area (Å²) in [5.41, 5.74) is 0.308. The zero-order valence-electron chi connectivity index (χ0n) is 17.3. The summed E-state index contributed by atoms with van der Waals surface area (Å²) in [6.45, 7) is 20.6. The number of hydrogen-bond donors (Lipinski definition) is 0. The van der Waals surface area contributed by atoms with Crippen molar-refractivity contribution in [1.29, 1.82) is 0 Å². The van der Waals surface area contributed by atoms with Crippen molar-refractivity contribution in [2.24, 2.45) is 5.92 Å². The summed E-state index contributed by atoms with van der Waals surface area (Å²) in [6, 6.07) is 0. The Labute approximate surface area is 150 Å². The van der Waals surface area contributed by atoms with Crippen LogP contribution in [0.4, 0.5) is 0 Å². The second-order valence-corrected chi connectivity index (χ2v) is 9.99. The molecular formula is C20H41N3O. The van der Waals surface area contributed by atoms with E-state index < -0.39 is 0 Å². The minimum atomic E-state index is -0.00180. The third kappa shape index (κ3) is 6.62. The molecule has 0 bridgehead atoms. The summed E-state index contributed by atoms with van der Waals surface area (Å²) in [5, 5.41) is 0. The molecule has 1 saturated carbocycles. The molecule has 2 rings (SSSR count). The predicted octanol–water partition coefficient (Wildman–Crippen LogP) is 3.28. The van der Waals surface area contributed by atoms with Crippen molar-refractivity contribution < 1.29 is 4.74 Å². The number of nitrogens with zero attached hydrogens (tertiary/aromatic N) is 3. The van der Waals surface area contributed by atoms with E-state index in [-0.39, 0.29) is 5.60 Å². The topological polar surface area (TPSA) is 19.0 Å². The lowest BCUT2D eigenvalue weighted by Crippen LogP contribution is -2.55. The summed E-state index contributed by atoms with van der Waals surface area (Å²) >= 11 is 0. The van der Waals surface area contributed by atoms with Crippen molar-refractivity contribution in [2.75, 3.05) is 46.4 Å². The highest BCUT2D eigenvalue weighted by atomic mass is 16.5. The highest BCUT2D eigenvalue weighted by molar-refractivity contribution is 4.83. The Bertz CT molecular complexity index is 373. The van der Waals surface area contributed by atoms with Gasteiger partial charge in [0, 0.05) is 38.3 Å². The summed E-state index contributed by atoms with van der Waals surface area (Å²) in [5.74, 6) is 0.804. The fourth-order valence-corrected chi connectivity index (χ4v) is 4.20. The van der Waals surface area contributed by atoms with Gasteiger partial charge in [-0.2, -0.15) is 0 Å². The molecule has 1 aliphatic carbocycles. The molecule has 0 aromatic heterocycles. The maximum absolute atomic E-state index is 6.17. The lowest BCUT2D eigenvalue weighted by Gasteiger charge is -2.43. The van der Waals surface area contributed by atoms with Crippen LogP contribution in [0.25, 0.3) is 0 Å². The largest absolute Gasteiger partial charge is 0.373 e. The van der Waals surface area contributed by atoms with Crippen LogP contribution in [-0.2, 0) is 4.74 Å². The van der Waals surface area contributed by atoms with Crippen molar-refractivity contribution in [3.05, 3.63) is 0 Å². The van der Waals surface area contributed by atoms with E-state index in [1.165, 1.54) is 52.0 Å². The van der Waals surface area contributed by atoms with Gasteiger partial charge in [0.2, 0.25) is 0 Å². The molecule has 0 aromatic carbocycles. The summed E-state index contributed by atoms with van der Waals surface area (Å²) in [7, 11) is 2.29. The van der Waals surface area contributed by atoms with Gasteiger partial charge in [-0.05, 0) is 73.8 Å². The SMILES string of the molecule is CN(CC1CCC(OC(C)(C)C)C1)CN1CCN(C(C)(C)C)CC1. The highest BCUT2D eigenvalue weighted by Crippen LogP contribution is 2.31. The monoisotopic (exact) mass is 339 g/mol. The minimum absolute atomic E-state index is 0.00180. The second-order valence-electron chi connectivity index (χ2n) is 9.99. The first-order valence-corrected chi connectivity index (χ1v) is 9.87. The Morgan fingerprint density at radius 1 is 0.958 bits per heavy atom. The van der Waals surface area contributed by atoms with Crippen LogP contribution in [0.15, 0.2) is 0 Å². The molecule has 2 unspecified atom stereocenters. The molecule has 1 heterocycles. The van der Waals surface area contributed by atoms with E-state index >= 15 is 0 Å². The molecule has 2 fully saturated rings. The molecular weight excluding hydrogens is 298 g/mol. The van der Waals surface area contributed by atoms with Crippen molar-refractivity contribution in [2.45, 2.75) is 78.0 Å². The molecule has 2 aliphatic rings. The molecule has 0 aromatic rings. The Kier molecular flexibility index (Phi) is 6.74. The molecule has 0 N–H and O–H groups in total. The fraction of sp³-hybridized carbons (Fsp3) is 1.00. The molecule has 0 radical (unpaired) electrons. The molecule has 24 heavy (non-hydrogen) atoms. The Morgan fingerprint density at radius 3 is 2.12 bits per heavy atom. The number of hydrogen-bond acceptors (Lipinski definition) is 4. The summed E-state index contributed by atoms with van der Waals surface area (Å²) < 4.78 is 6.17. The Hall–Kier alpha value is -0.160. The van der Waals surface area contributed by atoms with Gasteiger partial charge in [0.15, 0.2) is 0 Å². The molecule has 2 atom stereocenters. The first-order valence-electron chi connectivity index (χ1n) is 9.87. The zero-order valence-corrected chi connectivity index (χ0v) is 17.3. The predicted molar refractivity (Wildman–Crippen MR) is 102 cm³/mol. The van der Waals surface area contributed by atoms with E-state index in [1.54, 1.807) is 0 Å². The fourth-order valence-electron chi connectivity index (χ4n) is 4.20. The van der Waals surface area contributed by atoms with Gasteiger partial charge in [-0.3, -0.25) is 14.7 Å². The van der Waals surface area contributed by atoms with E-state index in [0.717, 1.165) is 12.6 Å². The van der Waals surface area contributed by atoms with Gasteiger partial charge in [-0.1, -0.05) is 0 Å². The number of rotatable bonds is 5. The van der Waals surface area contributed by atoms with Gasteiger partial charge < -0.3 is 4.74 Å². The van der Waals surface area contributed by atoms with Gasteiger partial charge in [0.05, 0.1) is 18.4 Å². The Morgan fingerprint density at radius 2 is 1.58 bits per heavy atom. The first-order chi connectivity index (χ1) is 11.0. The van der Waals surface area contributed by atoms with Gasteiger partial charge in [0.25, 0.3) is 0 Å². The number of ether oxygens (including phenoxy) is 1. The molecule has 1 aliphatic heterocycles. The van der Waals surface area contributed by atoms with Crippen LogP contribution in [0, 0.1) is 5.92 Å². The first kappa shape index (κ1) is 20.2. The van der Waals surface area contributed by atoms with Crippen molar-refractivity contribution in [3.63, 3.8) is 0 Å². The smallest absolute Gasteiger partial charge is 0.0602 e. The zero-order chi connectivity index (χ0) is 18.0. The van der Waals surface area contributed by atoms with Crippen LogP contribution < -0.4 is 0 Å². The molecule has 0 amide bonds. The summed E-state index contributed by atoms with van der Waals surface area (Å²) in [6.07, 6.45) is 4.27. The normalized spacial score (nSPS) is 28.0. The van der Waals surface area contributed by atoms with E-state index in [9.17, 15) is 0 Å². The molecule has 1 saturated heterocycles. The van der Waals surface area contributed by atoms with Crippen LogP contribution in [0.1, 0.15) is 60.8 Å². The van der Waals surface area contributed by atoms with Crippen LogP contribution in [0.3, 0.4) is 0 Å². The van der Waals surface area contributed by atoms with E-state index in [1.807, 2.05) is 0 Å². The van der Waals surface area contributed by atoms with Gasteiger partial charge in [-0.25, -0.2) is 0 Å². The third-order valence-corrected chi connectivity index (χ3v) is 5.35. The lowest BCUT2D eigenvalue weighted by atomic mass is 10.1. The van der Waals surface area contributed by atoms with E-state index in [4.69, 9.17) is 4.74 Å². The standard InChI is InChI=1S/C20H41N3O/c1-19(2,3)23-12-10-22(11-13-23)16-21(7)15-17-8-9-18(14-17)24-20(4,5)6/h17-18H,8-16H2,1-7H3. The average Bonchev–Trinajstić information content (AvgIpc) is 2.82. The molecule has 4 heteroatoms. The lowest BCUT2D eigenvalue weighted by molar-refractivity contribution is -0.0579. The van der Waals surface area contributed by atoms with Crippen molar-refractivity contribution in [1.82, 2.24) is 14.7 Å². The van der Waals surface area contributed by atoms with E-state index in [0.29, 0.717) is 11.6 Å². The van der Waals surface area contributed by atoms with Gasteiger partial charge in [-0.15, -0.1) is 0 Å². The maximum atomic E-state index is 6.17. The van der Waals surface area contributed by atoms with Crippen molar-refractivity contribution >= 4 is 0 Å². The van der Waals surface area contributed by atoms with Crippen LogP contribution in [0.5, 0.6) is 0 Å². The van der Waals surface area contributed by atoms with E-state index in [2.05, 4.69) is 63.3 Å². The number of piperazine rings is 1. The third-order valence-electron chi connectivity index (χ3n) is 5.35. The molecule has 4 nitrogen and oxygen atoms in total. The Balaban J connectivity index is 1.67. The molecule has 142 valence electrons. The van der Waals surface area contributed by atoms with Crippen LogP contribution in [0.2, 0.25) is 0 Å². The quantitative estimate of drug-likeness (QED) is 0.765. The second kappa shape index (κ2) is 8.03. The highest BCUT2D eigenvalue weighted by Gasteiger charge is 2.30. The average molecular weight is 340 g/mol. The molecule has 0 spiro atoms. The van der Waals surface area contributed by atoms with Crippen LogP contribution >= 0.6 is 0 Å². The van der Waals surface area contributed by atoms with Gasteiger partial charge >= 0.3 is 0 Å². The van der Waals surface area contributed by atoms with Crippen LogP contribution in [-0.4, -0.2) is 78.4 Å². The summed E-state index contributed by atoms with van der Waals surface area (Å²) in [4.78, 5) is 7.74. The minimum Gasteiger partial charge on any atom is -0.373 e. The van der Waals surface area contributed by atoms with Crippen molar-refractivity contribution in [3.8, 4) is 0 Å². The van der Waals surface area contributed by atoms with Gasteiger partial charge in [0.1, 0.15) is 0 Å².